The molecule has 2 aromatic rings. The molecule has 1 aromatic heterocycles. The first-order valence-electron chi connectivity index (χ1n) is 5.74. The van der Waals surface area contributed by atoms with Gasteiger partial charge in [0.1, 0.15) is 18.3 Å². The highest BCUT2D eigenvalue weighted by molar-refractivity contribution is 5.77. The second-order valence-electron chi connectivity index (χ2n) is 3.87. The summed E-state index contributed by atoms with van der Waals surface area (Å²) in [6.45, 7) is 0.0256. The van der Waals surface area contributed by atoms with Gasteiger partial charge < -0.3 is 19.0 Å². The van der Waals surface area contributed by atoms with E-state index in [4.69, 9.17) is 13.9 Å². The van der Waals surface area contributed by atoms with E-state index in [1.165, 1.54) is 19.4 Å². The van der Waals surface area contributed by atoms with Crippen LogP contribution < -0.4 is 4.74 Å². The summed E-state index contributed by atoms with van der Waals surface area (Å²) in [6.07, 6.45) is 1.48. The lowest BCUT2D eigenvalue weighted by Gasteiger charge is -2.14. The molecule has 0 spiro atoms. The molecule has 1 aromatic carbocycles. The van der Waals surface area contributed by atoms with Crippen LogP contribution in [0.2, 0.25) is 0 Å². The molecule has 0 saturated heterocycles. The predicted octanol–water partition coefficient (Wildman–Crippen LogP) is 2.32. The van der Waals surface area contributed by atoms with Gasteiger partial charge in [-0.15, -0.1) is 0 Å². The van der Waals surface area contributed by atoms with Crippen molar-refractivity contribution in [3.63, 3.8) is 0 Å². The van der Waals surface area contributed by atoms with Crippen LogP contribution >= 0.6 is 0 Å². The smallest absolute Gasteiger partial charge is 0.319 e. The zero-order valence-electron chi connectivity index (χ0n) is 10.4. The Kier molecular flexibility index (Phi) is 4.07. The van der Waals surface area contributed by atoms with Gasteiger partial charge >= 0.3 is 5.97 Å². The van der Waals surface area contributed by atoms with E-state index in [0.717, 1.165) is 0 Å². The first-order valence-corrected chi connectivity index (χ1v) is 5.74. The highest BCUT2D eigenvalue weighted by atomic mass is 16.5. The van der Waals surface area contributed by atoms with Gasteiger partial charge in [0, 0.05) is 0 Å². The average molecular weight is 262 g/mol. The van der Waals surface area contributed by atoms with Crippen LogP contribution in [0.15, 0.2) is 47.1 Å². The Morgan fingerprint density at radius 2 is 2.11 bits per heavy atom. The van der Waals surface area contributed by atoms with E-state index in [-0.39, 0.29) is 12.4 Å². The average Bonchev–Trinajstić information content (AvgIpc) is 2.94. The van der Waals surface area contributed by atoms with Crippen molar-refractivity contribution >= 4 is 5.97 Å². The van der Waals surface area contributed by atoms with Gasteiger partial charge in [0.15, 0.2) is 11.5 Å². The second-order valence-corrected chi connectivity index (χ2v) is 3.87. The van der Waals surface area contributed by atoms with Gasteiger partial charge in [-0.25, -0.2) is 0 Å². The largest absolute Gasteiger partial charge is 0.504 e. The van der Waals surface area contributed by atoms with Crippen LogP contribution in [0.4, 0.5) is 0 Å². The van der Waals surface area contributed by atoms with Crippen LogP contribution in [-0.4, -0.2) is 24.8 Å². The lowest BCUT2D eigenvalue weighted by molar-refractivity contribution is -0.143. The van der Waals surface area contributed by atoms with Crippen molar-refractivity contribution in [2.24, 2.45) is 0 Å². The number of furan rings is 1. The maximum Gasteiger partial charge on any atom is 0.319 e. The number of phenolic OH excluding ortho intramolecular Hbond substituents is 1. The van der Waals surface area contributed by atoms with Gasteiger partial charge in [0.2, 0.25) is 0 Å². The van der Waals surface area contributed by atoms with Gasteiger partial charge in [-0.05, 0) is 24.3 Å². The molecule has 1 heterocycles. The van der Waals surface area contributed by atoms with Crippen molar-refractivity contribution in [2.75, 3.05) is 13.7 Å². The van der Waals surface area contributed by atoms with Gasteiger partial charge in [-0.2, -0.15) is 0 Å². The summed E-state index contributed by atoms with van der Waals surface area (Å²) in [6, 6.07) is 9.91. The topological polar surface area (TPSA) is 68.9 Å². The van der Waals surface area contributed by atoms with Crippen molar-refractivity contribution in [3.8, 4) is 11.5 Å². The minimum atomic E-state index is -0.667. The molecule has 1 atom stereocenters. The Bertz CT molecular complexity index is 533. The third-order valence-electron chi connectivity index (χ3n) is 2.64. The van der Waals surface area contributed by atoms with Crippen LogP contribution in [0, 0.1) is 0 Å². The first-order chi connectivity index (χ1) is 9.22. The summed E-state index contributed by atoms with van der Waals surface area (Å²) in [5.74, 6) is -0.333. The monoisotopic (exact) mass is 262 g/mol. The number of aromatic hydroxyl groups is 1. The maximum absolute atomic E-state index is 11.7. The van der Waals surface area contributed by atoms with E-state index in [2.05, 4.69) is 0 Å². The predicted molar refractivity (Wildman–Crippen MR) is 67.1 cm³/mol. The number of carbonyl (C=O) groups is 1. The molecular weight excluding hydrogens is 248 g/mol. The molecule has 0 radical (unpaired) electrons. The van der Waals surface area contributed by atoms with Crippen molar-refractivity contribution in [3.05, 3.63) is 48.4 Å². The Morgan fingerprint density at radius 1 is 1.32 bits per heavy atom. The fraction of sp³-hybridized carbons (Fsp3) is 0.214. The van der Waals surface area contributed by atoms with E-state index in [1.807, 2.05) is 0 Å². The molecule has 19 heavy (non-hydrogen) atoms. The lowest BCUT2D eigenvalue weighted by atomic mass is 10.1. The summed E-state index contributed by atoms with van der Waals surface area (Å²) in [5.41, 5.74) is 0. The second kappa shape index (κ2) is 5.95. The molecule has 1 N–H and O–H groups in total. The number of phenols is 1. The molecule has 0 amide bonds. The Hall–Kier alpha value is -2.43. The van der Waals surface area contributed by atoms with Gasteiger partial charge in [0.25, 0.3) is 0 Å². The molecule has 0 saturated carbocycles. The fourth-order valence-corrected chi connectivity index (χ4v) is 1.65. The number of rotatable bonds is 5. The summed E-state index contributed by atoms with van der Waals surface area (Å²) in [7, 11) is 1.30. The van der Waals surface area contributed by atoms with Crippen LogP contribution in [0.5, 0.6) is 11.5 Å². The Labute approximate surface area is 110 Å². The summed E-state index contributed by atoms with van der Waals surface area (Å²) < 4.78 is 15.3. The van der Waals surface area contributed by atoms with Crippen molar-refractivity contribution < 1.29 is 23.8 Å². The summed E-state index contributed by atoms with van der Waals surface area (Å²) >= 11 is 0. The van der Waals surface area contributed by atoms with Crippen molar-refractivity contribution in [2.45, 2.75) is 5.92 Å². The molecule has 2 rings (SSSR count). The molecule has 0 bridgehead atoms. The number of para-hydroxylation sites is 2. The van der Waals surface area contributed by atoms with Gasteiger partial charge in [0.05, 0.1) is 13.4 Å². The van der Waals surface area contributed by atoms with E-state index in [1.54, 1.807) is 30.3 Å². The number of benzene rings is 1. The Morgan fingerprint density at radius 3 is 2.74 bits per heavy atom. The molecule has 100 valence electrons. The zero-order valence-corrected chi connectivity index (χ0v) is 10.4. The first kappa shape index (κ1) is 13.0. The summed E-state index contributed by atoms with van der Waals surface area (Å²) in [5, 5.41) is 9.59. The number of hydrogen-bond donors (Lipinski definition) is 1. The molecule has 1 unspecified atom stereocenters. The van der Waals surface area contributed by atoms with E-state index in [9.17, 15) is 9.90 Å². The standard InChI is InChI=1S/C14H14O5/c1-17-14(16)10(12-7-4-8-18-12)9-19-13-6-3-2-5-11(13)15/h2-8,10,15H,9H2,1H3. The van der Waals surface area contributed by atoms with Gasteiger partial charge in [-0.1, -0.05) is 12.1 Å². The Balaban J connectivity index is 2.10. The number of esters is 1. The molecule has 5 heteroatoms. The number of ether oxygens (including phenoxy) is 2. The van der Waals surface area contributed by atoms with E-state index < -0.39 is 11.9 Å². The molecule has 0 fully saturated rings. The molecule has 0 aliphatic heterocycles. The van der Waals surface area contributed by atoms with E-state index >= 15 is 0 Å². The SMILES string of the molecule is COC(=O)C(COc1ccccc1O)c1ccco1. The highest BCUT2D eigenvalue weighted by Crippen LogP contribution is 2.27. The van der Waals surface area contributed by atoms with Crippen molar-refractivity contribution in [1.29, 1.82) is 0 Å². The van der Waals surface area contributed by atoms with Crippen LogP contribution in [0.3, 0.4) is 0 Å². The van der Waals surface area contributed by atoms with Crippen LogP contribution in [0.25, 0.3) is 0 Å². The summed E-state index contributed by atoms with van der Waals surface area (Å²) in [4.78, 5) is 11.7. The minimum absolute atomic E-state index is 0.0190. The minimum Gasteiger partial charge on any atom is -0.504 e. The quantitative estimate of drug-likeness (QED) is 0.837. The molecule has 0 aliphatic carbocycles. The van der Waals surface area contributed by atoms with Crippen LogP contribution in [0.1, 0.15) is 11.7 Å². The molecule has 0 aliphatic rings. The van der Waals surface area contributed by atoms with Crippen molar-refractivity contribution in [1.82, 2.24) is 0 Å². The normalized spacial score (nSPS) is 11.8. The third-order valence-corrected chi connectivity index (χ3v) is 2.64. The number of methoxy groups -OCH3 is 1. The maximum atomic E-state index is 11.7. The molecular formula is C14H14O5. The molecule has 5 nitrogen and oxygen atoms in total. The zero-order chi connectivity index (χ0) is 13.7. The number of hydrogen-bond acceptors (Lipinski definition) is 5. The highest BCUT2D eigenvalue weighted by Gasteiger charge is 2.25. The van der Waals surface area contributed by atoms with Crippen LogP contribution in [-0.2, 0) is 9.53 Å². The third kappa shape index (κ3) is 3.07. The fourth-order valence-electron chi connectivity index (χ4n) is 1.65. The van der Waals surface area contributed by atoms with Gasteiger partial charge in [-0.3, -0.25) is 4.79 Å². The number of carbonyl (C=O) groups excluding carboxylic acids is 1. The lowest BCUT2D eigenvalue weighted by Crippen LogP contribution is -2.20. The van der Waals surface area contributed by atoms with E-state index in [0.29, 0.717) is 11.5 Å².